The zero-order valence-electron chi connectivity index (χ0n) is 9.94. The van der Waals surface area contributed by atoms with Gasteiger partial charge in [0, 0.05) is 10.5 Å². The summed E-state index contributed by atoms with van der Waals surface area (Å²) >= 11 is 3.35. The summed E-state index contributed by atoms with van der Waals surface area (Å²) < 4.78 is 13.5. The van der Waals surface area contributed by atoms with Gasteiger partial charge in [-0.3, -0.25) is 4.79 Å². The Labute approximate surface area is 119 Å². The highest BCUT2D eigenvalue weighted by molar-refractivity contribution is 9.10. The Balaban J connectivity index is 2.02. The number of amides is 1. The fourth-order valence-corrected chi connectivity index (χ4v) is 1.87. The number of benzene rings is 2. The lowest BCUT2D eigenvalue weighted by Gasteiger charge is -2.03. The Hall–Kier alpha value is -1.94. The molecule has 2 aromatic rings. The topological polar surface area (TPSA) is 29.1 Å². The van der Waals surface area contributed by atoms with Gasteiger partial charge >= 0.3 is 0 Å². The predicted octanol–water partition coefficient (Wildman–Crippen LogP) is 4.24. The van der Waals surface area contributed by atoms with Crippen molar-refractivity contribution in [2.24, 2.45) is 0 Å². The third kappa shape index (κ3) is 4.03. The van der Waals surface area contributed by atoms with Crippen LogP contribution in [-0.4, -0.2) is 5.91 Å². The highest BCUT2D eigenvalue weighted by atomic mass is 79.9. The van der Waals surface area contributed by atoms with E-state index >= 15 is 0 Å². The van der Waals surface area contributed by atoms with Gasteiger partial charge in [-0.1, -0.05) is 24.3 Å². The quantitative estimate of drug-likeness (QED) is 0.842. The number of nitrogens with one attached hydrogen (secondary N) is 1. The zero-order valence-corrected chi connectivity index (χ0v) is 11.5. The van der Waals surface area contributed by atoms with Crippen molar-refractivity contribution < 1.29 is 9.18 Å². The lowest BCUT2D eigenvalue weighted by molar-refractivity contribution is -0.111. The van der Waals surface area contributed by atoms with Crippen LogP contribution >= 0.6 is 15.9 Å². The molecule has 0 unspecified atom stereocenters. The van der Waals surface area contributed by atoms with Gasteiger partial charge in [-0.15, -0.1) is 0 Å². The lowest BCUT2D eigenvalue weighted by atomic mass is 10.2. The average molecular weight is 320 g/mol. The van der Waals surface area contributed by atoms with E-state index in [4.69, 9.17) is 0 Å². The highest BCUT2D eigenvalue weighted by Gasteiger charge is 2.01. The van der Waals surface area contributed by atoms with Crippen LogP contribution in [0.15, 0.2) is 59.1 Å². The van der Waals surface area contributed by atoms with Gasteiger partial charge in [0.15, 0.2) is 0 Å². The molecule has 0 aliphatic heterocycles. The molecule has 0 aliphatic carbocycles. The maximum Gasteiger partial charge on any atom is 0.248 e. The van der Waals surface area contributed by atoms with Crippen molar-refractivity contribution >= 4 is 33.6 Å². The van der Waals surface area contributed by atoms with Gasteiger partial charge in [0.1, 0.15) is 5.82 Å². The third-order valence-corrected chi connectivity index (χ3v) is 3.12. The van der Waals surface area contributed by atoms with Crippen molar-refractivity contribution in [3.63, 3.8) is 0 Å². The van der Waals surface area contributed by atoms with Crippen molar-refractivity contribution in [1.29, 1.82) is 0 Å². The number of carbonyl (C=O) groups excluding carboxylic acids is 1. The Morgan fingerprint density at radius 3 is 2.47 bits per heavy atom. The minimum atomic E-state index is -0.296. The second kappa shape index (κ2) is 6.29. The van der Waals surface area contributed by atoms with Crippen LogP contribution in [0.5, 0.6) is 0 Å². The number of carbonyl (C=O) groups is 1. The van der Waals surface area contributed by atoms with Crippen LogP contribution in [0, 0.1) is 5.82 Å². The van der Waals surface area contributed by atoms with Crippen LogP contribution in [0.2, 0.25) is 0 Å². The maximum atomic E-state index is 12.7. The summed E-state index contributed by atoms with van der Waals surface area (Å²) in [6.45, 7) is 0. The minimum absolute atomic E-state index is 0.240. The summed E-state index contributed by atoms with van der Waals surface area (Å²) in [6, 6.07) is 13.3. The molecule has 96 valence electrons. The Bertz CT molecular complexity index is 608. The van der Waals surface area contributed by atoms with Crippen LogP contribution in [0.3, 0.4) is 0 Å². The number of rotatable bonds is 3. The molecule has 2 aromatic carbocycles. The molecular formula is C15H11BrFNO. The summed E-state index contributed by atoms with van der Waals surface area (Å²) in [5, 5.41) is 2.75. The fourth-order valence-electron chi connectivity index (χ4n) is 1.48. The van der Waals surface area contributed by atoms with E-state index in [9.17, 15) is 9.18 Å². The molecule has 0 spiro atoms. The number of para-hydroxylation sites is 1. The standard InChI is InChI=1S/C15H11BrFNO/c16-13-3-1-2-4-14(13)18-15(19)10-7-11-5-8-12(17)9-6-11/h1-10H,(H,18,19). The Kier molecular flexibility index (Phi) is 4.47. The van der Waals surface area contributed by atoms with E-state index in [2.05, 4.69) is 21.2 Å². The molecule has 0 saturated heterocycles. The molecule has 4 heteroatoms. The van der Waals surface area contributed by atoms with E-state index in [0.29, 0.717) is 5.69 Å². The molecule has 2 rings (SSSR count). The minimum Gasteiger partial charge on any atom is -0.321 e. The van der Waals surface area contributed by atoms with E-state index in [1.165, 1.54) is 18.2 Å². The molecule has 0 aromatic heterocycles. The van der Waals surface area contributed by atoms with E-state index < -0.39 is 0 Å². The van der Waals surface area contributed by atoms with Gasteiger partial charge in [-0.2, -0.15) is 0 Å². The molecule has 0 aliphatic rings. The molecule has 19 heavy (non-hydrogen) atoms. The van der Waals surface area contributed by atoms with Crippen molar-refractivity contribution in [2.45, 2.75) is 0 Å². The predicted molar refractivity (Wildman–Crippen MR) is 78.2 cm³/mol. The number of anilines is 1. The molecule has 0 saturated carbocycles. The second-order valence-electron chi connectivity index (χ2n) is 3.85. The molecule has 0 radical (unpaired) electrons. The number of hydrogen-bond acceptors (Lipinski definition) is 1. The molecule has 0 bridgehead atoms. The van der Waals surface area contributed by atoms with Gasteiger partial charge < -0.3 is 5.32 Å². The van der Waals surface area contributed by atoms with Gasteiger partial charge in [0.25, 0.3) is 0 Å². The molecule has 0 heterocycles. The molecule has 0 atom stereocenters. The highest BCUT2D eigenvalue weighted by Crippen LogP contribution is 2.21. The third-order valence-electron chi connectivity index (χ3n) is 2.43. The zero-order chi connectivity index (χ0) is 13.7. The van der Waals surface area contributed by atoms with Crippen LogP contribution in [-0.2, 0) is 4.79 Å². The molecule has 2 nitrogen and oxygen atoms in total. The van der Waals surface area contributed by atoms with Crippen LogP contribution in [0.1, 0.15) is 5.56 Å². The SMILES string of the molecule is O=C(C=Cc1ccc(F)cc1)Nc1ccccc1Br. The van der Waals surface area contributed by atoms with E-state index in [-0.39, 0.29) is 11.7 Å². The van der Waals surface area contributed by atoms with Crippen LogP contribution < -0.4 is 5.32 Å². The van der Waals surface area contributed by atoms with Crippen LogP contribution in [0.4, 0.5) is 10.1 Å². The number of hydrogen-bond donors (Lipinski definition) is 1. The Morgan fingerprint density at radius 2 is 1.79 bits per heavy atom. The van der Waals surface area contributed by atoms with Crippen molar-refractivity contribution in [2.75, 3.05) is 5.32 Å². The molecule has 1 N–H and O–H groups in total. The maximum absolute atomic E-state index is 12.7. The van der Waals surface area contributed by atoms with E-state index in [1.807, 2.05) is 18.2 Å². The summed E-state index contributed by atoms with van der Waals surface area (Å²) in [4.78, 5) is 11.7. The van der Waals surface area contributed by atoms with Crippen molar-refractivity contribution in [3.8, 4) is 0 Å². The smallest absolute Gasteiger partial charge is 0.248 e. The first kappa shape index (κ1) is 13.5. The summed E-state index contributed by atoms with van der Waals surface area (Å²) in [5.41, 5.74) is 1.47. The Morgan fingerprint density at radius 1 is 1.11 bits per heavy atom. The van der Waals surface area contributed by atoms with Gasteiger partial charge in [0.2, 0.25) is 5.91 Å². The van der Waals surface area contributed by atoms with E-state index in [0.717, 1.165) is 10.0 Å². The number of halogens is 2. The summed E-state index contributed by atoms with van der Waals surface area (Å²) in [7, 11) is 0. The normalized spacial score (nSPS) is 10.6. The first-order valence-corrected chi connectivity index (χ1v) is 6.43. The van der Waals surface area contributed by atoms with Gasteiger partial charge in [-0.25, -0.2) is 4.39 Å². The summed E-state index contributed by atoms with van der Waals surface area (Å²) in [5.74, 6) is -0.536. The van der Waals surface area contributed by atoms with Gasteiger partial charge in [0.05, 0.1) is 5.69 Å². The molecule has 0 fully saturated rings. The first-order valence-electron chi connectivity index (χ1n) is 5.64. The van der Waals surface area contributed by atoms with E-state index in [1.54, 1.807) is 24.3 Å². The fraction of sp³-hybridized carbons (Fsp3) is 0. The average Bonchev–Trinajstić information content (AvgIpc) is 2.41. The molecule has 1 amide bonds. The van der Waals surface area contributed by atoms with Crippen molar-refractivity contribution in [1.82, 2.24) is 0 Å². The molecular weight excluding hydrogens is 309 g/mol. The van der Waals surface area contributed by atoms with Gasteiger partial charge in [-0.05, 0) is 51.8 Å². The van der Waals surface area contributed by atoms with Crippen LogP contribution in [0.25, 0.3) is 6.08 Å². The summed E-state index contributed by atoms with van der Waals surface area (Å²) in [6.07, 6.45) is 3.04. The monoisotopic (exact) mass is 319 g/mol. The second-order valence-corrected chi connectivity index (χ2v) is 4.71. The first-order chi connectivity index (χ1) is 9.15. The largest absolute Gasteiger partial charge is 0.321 e. The lowest BCUT2D eigenvalue weighted by Crippen LogP contribution is -2.07. The van der Waals surface area contributed by atoms with Crippen molar-refractivity contribution in [3.05, 3.63) is 70.5 Å².